The third-order valence-corrected chi connectivity index (χ3v) is 8.47. The number of carbonyl (C=O) groups excluding carboxylic acids is 1. The molecule has 0 atom stereocenters. The van der Waals surface area contributed by atoms with Crippen molar-refractivity contribution in [2.45, 2.75) is 51.2 Å². The number of terminal acetylenes is 1. The number of amides is 1. The number of nitrogens with one attached hydrogen (secondary N) is 1. The van der Waals surface area contributed by atoms with Crippen LogP contribution in [0, 0.1) is 23.7 Å². The predicted octanol–water partition coefficient (Wildman–Crippen LogP) is 7.26. The molecule has 0 aliphatic carbocycles. The van der Waals surface area contributed by atoms with Gasteiger partial charge in [-0.25, -0.2) is 0 Å². The Morgan fingerprint density at radius 2 is 1.85 bits per heavy atom. The number of aromatic nitrogens is 2. The van der Waals surface area contributed by atoms with Gasteiger partial charge >= 0.3 is 6.18 Å². The average molecular weight is 648 g/mol. The first-order valence-corrected chi connectivity index (χ1v) is 15.8. The molecule has 3 aliphatic rings. The number of hydrogen-bond acceptors (Lipinski definition) is 6. The Hall–Kier alpha value is -5.61. The Labute approximate surface area is 277 Å². The van der Waals surface area contributed by atoms with Crippen LogP contribution < -0.4 is 15.0 Å². The van der Waals surface area contributed by atoms with E-state index in [9.17, 15) is 23.2 Å². The maximum absolute atomic E-state index is 14.3. The number of aryl methyl sites for hydroxylation is 1. The number of fused-ring (bicyclic) bond motifs is 2. The highest BCUT2D eigenvalue weighted by Gasteiger charge is 2.41. The van der Waals surface area contributed by atoms with E-state index in [1.807, 2.05) is 6.07 Å². The molecule has 0 fully saturated rings. The van der Waals surface area contributed by atoms with Crippen LogP contribution in [-0.2, 0) is 24.2 Å². The number of anilines is 1. The van der Waals surface area contributed by atoms with Gasteiger partial charge < -0.3 is 15.0 Å². The van der Waals surface area contributed by atoms with Gasteiger partial charge in [0.05, 0.1) is 28.6 Å². The second-order valence-electron chi connectivity index (χ2n) is 11.7. The standard InChI is InChI=1S/C38H32F3N5O2/c1-2-3-12-35(47)45-24-25-13-15-43-33(19-25)34-21-26(14-16-44-34)28(23-42)8-4-5-10-29-22-32(38(39,40)41)31-20-27-9-6-17-46-18-7-11-30(36(27)46)37(31)48-29/h1,4-5,8,10,13-16,19-22H,3,6-7,9,11-12,17-18,24H2,(H,45,47)/b5-4+,28-8+,29-10-. The molecule has 0 saturated heterocycles. The van der Waals surface area contributed by atoms with Crippen molar-refractivity contribution in [3.63, 3.8) is 0 Å². The highest BCUT2D eigenvalue weighted by molar-refractivity contribution is 5.84. The lowest BCUT2D eigenvalue weighted by atomic mass is 9.86. The first-order chi connectivity index (χ1) is 23.2. The molecule has 3 aromatic rings. The zero-order valence-electron chi connectivity index (χ0n) is 26.1. The zero-order chi connectivity index (χ0) is 33.7. The van der Waals surface area contributed by atoms with Crippen LogP contribution in [0.3, 0.4) is 0 Å². The molecule has 1 N–H and O–H groups in total. The number of nitrogens with zero attached hydrogens (tertiary/aromatic N) is 4. The van der Waals surface area contributed by atoms with Crippen LogP contribution in [0.15, 0.2) is 78.9 Å². The minimum atomic E-state index is -4.55. The van der Waals surface area contributed by atoms with Crippen LogP contribution in [0.5, 0.6) is 5.75 Å². The van der Waals surface area contributed by atoms with Crippen molar-refractivity contribution in [1.29, 1.82) is 5.26 Å². The summed E-state index contributed by atoms with van der Waals surface area (Å²) in [5.74, 6) is 2.66. The lowest BCUT2D eigenvalue weighted by molar-refractivity contribution is -0.121. The Bertz CT molecular complexity index is 1960. The molecular formula is C38H32F3N5O2. The second kappa shape index (κ2) is 14.0. The van der Waals surface area contributed by atoms with E-state index in [2.05, 4.69) is 32.2 Å². The van der Waals surface area contributed by atoms with Crippen LogP contribution in [-0.4, -0.2) is 35.1 Å². The van der Waals surface area contributed by atoms with E-state index in [4.69, 9.17) is 11.2 Å². The van der Waals surface area contributed by atoms with Crippen LogP contribution >= 0.6 is 0 Å². The molecule has 1 aromatic carbocycles. The Balaban J connectivity index is 1.22. The van der Waals surface area contributed by atoms with Crippen LogP contribution in [0.4, 0.5) is 18.9 Å². The summed E-state index contributed by atoms with van der Waals surface area (Å²) < 4.78 is 49.1. The lowest BCUT2D eigenvalue weighted by Crippen LogP contribution is -2.35. The fourth-order valence-electron chi connectivity index (χ4n) is 6.27. The van der Waals surface area contributed by atoms with E-state index >= 15 is 0 Å². The van der Waals surface area contributed by atoms with Crippen molar-refractivity contribution >= 4 is 22.7 Å². The van der Waals surface area contributed by atoms with E-state index in [0.29, 0.717) is 41.9 Å². The third kappa shape index (κ3) is 7.03. The molecular weight excluding hydrogens is 615 g/mol. The maximum Gasteiger partial charge on any atom is 0.417 e. The topological polar surface area (TPSA) is 91.1 Å². The molecule has 0 spiro atoms. The fraction of sp³-hybridized carbons (Fsp3) is 0.263. The molecule has 48 heavy (non-hydrogen) atoms. The molecule has 5 heterocycles. The lowest BCUT2D eigenvalue weighted by Gasteiger charge is -2.39. The number of alkyl halides is 3. The third-order valence-electron chi connectivity index (χ3n) is 8.47. The normalized spacial score (nSPS) is 16.4. The number of pyridine rings is 2. The molecule has 0 bridgehead atoms. The van der Waals surface area contributed by atoms with Gasteiger partial charge in [0.25, 0.3) is 0 Å². The highest BCUT2D eigenvalue weighted by Crippen LogP contribution is 2.50. The highest BCUT2D eigenvalue weighted by atomic mass is 19.4. The van der Waals surface area contributed by atoms with Crippen LogP contribution in [0.1, 0.15) is 53.5 Å². The minimum Gasteiger partial charge on any atom is -0.456 e. The van der Waals surface area contributed by atoms with Gasteiger partial charge in [0.2, 0.25) is 5.91 Å². The van der Waals surface area contributed by atoms with Crippen LogP contribution in [0.25, 0.3) is 22.5 Å². The zero-order valence-corrected chi connectivity index (χ0v) is 26.1. The minimum absolute atomic E-state index is 0.0755. The SMILES string of the molecule is C#CCCC(=O)NCc1ccnc(-c2cc(/C(C#N)=C/C=C/C=C3/C=C(C(F)(F)F)c4cc5c6c(c4O3)CCCN6CCC5)ccn2)c1. The number of halogens is 3. The molecule has 0 saturated carbocycles. The molecule has 6 rings (SSSR count). The van der Waals surface area contributed by atoms with Gasteiger partial charge in [0.1, 0.15) is 11.5 Å². The van der Waals surface area contributed by atoms with E-state index in [1.54, 1.807) is 54.9 Å². The summed E-state index contributed by atoms with van der Waals surface area (Å²) in [6, 6.07) is 10.8. The summed E-state index contributed by atoms with van der Waals surface area (Å²) >= 11 is 0. The second-order valence-corrected chi connectivity index (χ2v) is 11.7. The van der Waals surface area contributed by atoms with Crippen molar-refractivity contribution in [3.8, 4) is 35.6 Å². The summed E-state index contributed by atoms with van der Waals surface area (Å²) in [7, 11) is 0. The van der Waals surface area contributed by atoms with E-state index < -0.39 is 11.7 Å². The first kappa shape index (κ1) is 32.3. The smallest absolute Gasteiger partial charge is 0.417 e. The Kier molecular flexibility index (Phi) is 9.45. The molecule has 1 amide bonds. The number of hydrogen-bond donors (Lipinski definition) is 1. The summed E-state index contributed by atoms with van der Waals surface area (Å²) in [6.07, 6.45) is 14.9. The van der Waals surface area contributed by atoms with E-state index in [-0.39, 0.29) is 29.4 Å². The summed E-state index contributed by atoms with van der Waals surface area (Å²) in [5, 5.41) is 12.7. The molecule has 3 aliphatic heterocycles. The summed E-state index contributed by atoms with van der Waals surface area (Å²) in [4.78, 5) is 23.0. The number of rotatable bonds is 8. The maximum atomic E-state index is 14.3. The molecule has 10 heteroatoms. The molecule has 0 unspecified atom stereocenters. The first-order valence-electron chi connectivity index (χ1n) is 15.8. The fourth-order valence-corrected chi connectivity index (χ4v) is 6.27. The van der Waals surface area contributed by atoms with Crippen molar-refractivity contribution in [1.82, 2.24) is 15.3 Å². The average Bonchev–Trinajstić information content (AvgIpc) is 3.10. The molecule has 242 valence electrons. The quantitative estimate of drug-likeness (QED) is 0.157. The van der Waals surface area contributed by atoms with Gasteiger partial charge in [0, 0.05) is 61.7 Å². The van der Waals surface area contributed by atoms with Gasteiger partial charge in [-0.2, -0.15) is 18.4 Å². The van der Waals surface area contributed by atoms with Crippen LogP contribution in [0.2, 0.25) is 0 Å². The summed E-state index contributed by atoms with van der Waals surface area (Å²) in [6.45, 7) is 2.10. The predicted molar refractivity (Wildman–Crippen MR) is 178 cm³/mol. The van der Waals surface area contributed by atoms with Gasteiger partial charge in [-0.05, 0) is 90.9 Å². The number of carbonyl (C=O) groups is 1. The summed E-state index contributed by atoms with van der Waals surface area (Å²) in [5.41, 5.74) is 5.06. The van der Waals surface area contributed by atoms with Gasteiger partial charge in [0.15, 0.2) is 0 Å². The molecule has 7 nitrogen and oxygen atoms in total. The monoisotopic (exact) mass is 647 g/mol. The molecule has 2 aromatic heterocycles. The Morgan fingerprint density at radius 3 is 2.62 bits per heavy atom. The molecule has 0 radical (unpaired) electrons. The van der Waals surface area contributed by atoms with Crippen molar-refractivity contribution in [3.05, 3.63) is 107 Å². The number of nitriles is 1. The number of ether oxygens (including phenoxy) is 1. The largest absolute Gasteiger partial charge is 0.456 e. The number of benzene rings is 1. The van der Waals surface area contributed by atoms with Gasteiger partial charge in [-0.3, -0.25) is 14.8 Å². The van der Waals surface area contributed by atoms with Crippen molar-refractivity contribution in [2.24, 2.45) is 0 Å². The van der Waals surface area contributed by atoms with Gasteiger partial charge in [-0.1, -0.05) is 12.2 Å². The van der Waals surface area contributed by atoms with Gasteiger partial charge in [-0.15, -0.1) is 12.3 Å². The van der Waals surface area contributed by atoms with E-state index in [1.165, 1.54) is 6.08 Å². The van der Waals surface area contributed by atoms with E-state index in [0.717, 1.165) is 60.8 Å². The Morgan fingerprint density at radius 1 is 1.08 bits per heavy atom. The van der Waals surface area contributed by atoms with Crippen molar-refractivity contribution in [2.75, 3.05) is 18.0 Å². The van der Waals surface area contributed by atoms with Crippen molar-refractivity contribution < 1.29 is 22.7 Å². The number of allylic oxidation sites excluding steroid dienone is 7.